The highest BCUT2D eigenvalue weighted by Gasteiger charge is 2.15. The van der Waals surface area contributed by atoms with Gasteiger partial charge in [0, 0.05) is 0 Å². The van der Waals surface area contributed by atoms with Gasteiger partial charge in [0.25, 0.3) is 5.91 Å². The number of aromatic carboxylic acids is 1. The van der Waals surface area contributed by atoms with E-state index in [0.717, 1.165) is 0 Å². The summed E-state index contributed by atoms with van der Waals surface area (Å²) in [4.78, 5) is 23.2. The first kappa shape index (κ1) is 13.9. The van der Waals surface area contributed by atoms with Gasteiger partial charge in [-0.25, -0.2) is 4.79 Å². The molecule has 1 amide bonds. The molecule has 2 rings (SSSR count). The van der Waals surface area contributed by atoms with Crippen molar-refractivity contribution in [3.8, 4) is 0 Å². The molecule has 0 atom stereocenters. The SMILES string of the molecule is Nc1c(Cl)cccc1C(=O)Nc1ccccc1C(=O)O. The third-order valence-electron chi connectivity index (χ3n) is 2.70. The lowest BCUT2D eigenvalue weighted by molar-refractivity contribution is 0.0698. The summed E-state index contributed by atoms with van der Waals surface area (Å²) in [6, 6.07) is 10.8. The summed E-state index contributed by atoms with van der Waals surface area (Å²) < 4.78 is 0. The third-order valence-corrected chi connectivity index (χ3v) is 3.03. The van der Waals surface area contributed by atoms with Gasteiger partial charge in [-0.3, -0.25) is 4.79 Å². The van der Waals surface area contributed by atoms with Crippen LogP contribution < -0.4 is 11.1 Å². The van der Waals surface area contributed by atoms with Crippen molar-refractivity contribution in [2.75, 3.05) is 11.1 Å². The highest BCUT2D eigenvalue weighted by Crippen LogP contribution is 2.24. The molecule has 0 aliphatic carbocycles. The third kappa shape index (κ3) is 2.73. The van der Waals surface area contributed by atoms with Crippen molar-refractivity contribution in [3.05, 3.63) is 58.6 Å². The molecule has 0 saturated heterocycles. The Balaban J connectivity index is 2.33. The van der Waals surface area contributed by atoms with Crippen LogP contribution in [-0.2, 0) is 0 Å². The van der Waals surface area contributed by atoms with Crippen LogP contribution in [0.25, 0.3) is 0 Å². The molecule has 6 heteroatoms. The van der Waals surface area contributed by atoms with Crippen LogP contribution in [0.15, 0.2) is 42.5 Å². The number of nitrogens with two attached hydrogens (primary N) is 1. The first-order chi connectivity index (χ1) is 9.50. The first-order valence-electron chi connectivity index (χ1n) is 5.68. The van der Waals surface area contributed by atoms with Crippen LogP contribution >= 0.6 is 11.6 Å². The molecule has 0 unspecified atom stereocenters. The maximum absolute atomic E-state index is 12.1. The van der Waals surface area contributed by atoms with Gasteiger partial charge in [-0.05, 0) is 24.3 Å². The fraction of sp³-hybridized carbons (Fsp3) is 0. The number of carboxylic acids is 1. The van der Waals surface area contributed by atoms with Gasteiger partial charge in [-0.15, -0.1) is 0 Å². The summed E-state index contributed by atoms with van der Waals surface area (Å²) in [6.45, 7) is 0. The Morgan fingerprint density at radius 2 is 1.70 bits per heavy atom. The van der Waals surface area contributed by atoms with Crippen molar-refractivity contribution in [1.29, 1.82) is 0 Å². The Kier molecular flexibility index (Phi) is 3.91. The van der Waals surface area contributed by atoms with Gasteiger partial charge in [-0.2, -0.15) is 0 Å². The van der Waals surface area contributed by atoms with Gasteiger partial charge in [0.15, 0.2) is 0 Å². The van der Waals surface area contributed by atoms with Gasteiger partial charge < -0.3 is 16.2 Å². The maximum atomic E-state index is 12.1. The highest BCUT2D eigenvalue weighted by atomic mass is 35.5. The van der Waals surface area contributed by atoms with Crippen LogP contribution in [0.1, 0.15) is 20.7 Å². The molecule has 102 valence electrons. The van der Waals surface area contributed by atoms with E-state index >= 15 is 0 Å². The van der Waals surface area contributed by atoms with E-state index in [4.69, 9.17) is 22.4 Å². The number of carbonyl (C=O) groups is 2. The van der Waals surface area contributed by atoms with Crippen LogP contribution in [0.3, 0.4) is 0 Å². The Labute approximate surface area is 120 Å². The van der Waals surface area contributed by atoms with Crippen LogP contribution in [0.2, 0.25) is 5.02 Å². The number of halogens is 1. The van der Waals surface area contributed by atoms with E-state index in [0.29, 0.717) is 0 Å². The zero-order valence-electron chi connectivity index (χ0n) is 10.3. The lowest BCUT2D eigenvalue weighted by atomic mass is 10.1. The quantitative estimate of drug-likeness (QED) is 0.758. The molecule has 4 N–H and O–H groups in total. The summed E-state index contributed by atoms with van der Waals surface area (Å²) in [5.41, 5.74) is 6.27. The molecule has 0 bridgehead atoms. The van der Waals surface area contributed by atoms with Crippen LogP contribution in [0, 0.1) is 0 Å². The number of nitrogens with one attached hydrogen (secondary N) is 1. The fourth-order valence-corrected chi connectivity index (χ4v) is 1.88. The zero-order chi connectivity index (χ0) is 14.7. The number of anilines is 2. The second kappa shape index (κ2) is 5.63. The molecule has 0 spiro atoms. The second-order valence-electron chi connectivity index (χ2n) is 4.01. The smallest absolute Gasteiger partial charge is 0.337 e. The summed E-state index contributed by atoms with van der Waals surface area (Å²) in [6.07, 6.45) is 0. The molecule has 2 aromatic rings. The maximum Gasteiger partial charge on any atom is 0.337 e. The van der Waals surface area contributed by atoms with E-state index in [1.807, 2.05) is 0 Å². The van der Waals surface area contributed by atoms with E-state index in [1.54, 1.807) is 24.3 Å². The average Bonchev–Trinajstić information content (AvgIpc) is 2.42. The highest BCUT2D eigenvalue weighted by molar-refractivity contribution is 6.34. The minimum absolute atomic E-state index is 0.00134. The Morgan fingerprint density at radius 1 is 1.05 bits per heavy atom. The van der Waals surface area contributed by atoms with E-state index in [1.165, 1.54) is 18.2 Å². The number of carboxylic acid groups (broad SMARTS) is 1. The minimum atomic E-state index is -1.13. The van der Waals surface area contributed by atoms with Crippen molar-refractivity contribution in [1.82, 2.24) is 0 Å². The van der Waals surface area contributed by atoms with Gasteiger partial charge >= 0.3 is 5.97 Å². The summed E-state index contributed by atoms with van der Waals surface area (Å²) in [7, 11) is 0. The predicted octanol–water partition coefficient (Wildman–Crippen LogP) is 2.87. The fourth-order valence-electron chi connectivity index (χ4n) is 1.70. The Bertz CT molecular complexity index is 686. The Morgan fingerprint density at radius 3 is 2.40 bits per heavy atom. The van der Waals surface area contributed by atoms with Crippen molar-refractivity contribution < 1.29 is 14.7 Å². The first-order valence-corrected chi connectivity index (χ1v) is 6.06. The second-order valence-corrected chi connectivity index (χ2v) is 4.41. The summed E-state index contributed by atoms with van der Waals surface area (Å²) >= 11 is 5.84. The van der Waals surface area contributed by atoms with E-state index in [9.17, 15) is 9.59 Å². The largest absolute Gasteiger partial charge is 0.478 e. The van der Waals surface area contributed by atoms with Crippen molar-refractivity contribution in [3.63, 3.8) is 0 Å². The van der Waals surface area contributed by atoms with E-state index in [2.05, 4.69) is 5.32 Å². The van der Waals surface area contributed by atoms with E-state index in [-0.39, 0.29) is 27.5 Å². The summed E-state index contributed by atoms with van der Waals surface area (Å²) in [5.74, 6) is -1.64. The van der Waals surface area contributed by atoms with Crippen molar-refractivity contribution >= 4 is 34.9 Å². The lowest BCUT2D eigenvalue weighted by Crippen LogP contribution is -2.16. The molecule has 0 aliphatic heterocycles. The molecule has 0 fully saturated rings. The molecule has 0 aliphatic rings. The molecule has 5 nitrogen and oxygen atoms in total. The number of para-hydroxylation sites is 2. The standard InChI is InChI=1S/C14H11ClN2O3/c15-10-6-3-5-9(12(10)16)13(18)17-11-7-2-1-4-8(11)14(19)20/h1-7H,16H2,(H,17,18)(H,19,20). The van der Waals surface area contributed by atoms with Crippen LogP contribution in [0.4, 0.5) is 11.4 Å². The van der Waals surface area contributed by atoms with Gasteiger partial charge in [-0.1, -0.05) is 29.8 Å². The number of nitrogen functional groups attached to an aromatic ring is 1. The van der Waals surface area contributed by atoms with Crippen LogP contribution in [0.5, 0.6) is 0 Å². The monoisotopic (exact) mass is 290 g/mol. The molecule has 20 heavy (non-hydrogen) atoms. The number of rotatable bonds is 3. The number of carbonyl (C=O) groups excluding carboxylic acids is 1. The van der Waals surface area contributed by atoms with Crippen molar-refractivity contribution in [2.45, 2.75) is 0 Å². The van der Waals surface area contributed by atoms with Crippen molar-refractivity contribution in [2.24, 2.45) is 0 Å². The molecule has 0 heterocycles. The molecule has 0 aromatic heterocycles. The number of hydrogen-bond donors (Lipinski definition) is 3. The van der Waals surface area contributed by atoms with E-state index < -0.39 is 11.9 Å². The zero-order valence-corrected chi connectivity index (χ0v) is 11.0. The van der Waals surface area contributed by atoms with Crippen LogP contribution in [-0.4, -0.2) is 17.0 Å². The van der Waals surface area contributed by atoms with Gasteiger partial charge in [0.2, 0.25) is 0 Å². The van der Waals surface area contributed by atoms with Gasteiger partial charge in [0.05, 0.1) is 27.5 Å². The lowest BCUT2D eigenvalue weighted by Gasteiger charge is -2.10. The molecule has 0 saturated carbocycles. The molecular formula is C14H11ClN2O3. The molecule has 0 radical (unpaired) electrons. The Hall–Kier alpha value is -2.53. The predicted molar refractivity (Wildman–Crippen MR) is 77.2 cm³/mol. The topological polar surface area (TPSA) is 92.4 Å². The minimum Gasteiger partial charge on any atom is -0.478 e. The number of amides is 1. The molecule has 2 aromatic carbocycles. The molecular weight excluding hydrogens is 280 g/mol. The summed E-state index contributed by atoms with van der Waals surface area (Å²) in [5, 5.41) is 11.8. The average molecular weight is 291 g/mol. The normalized spacial score (nSPS) is 10.1. The number of hydrogen-bond acceptors (Lipinski definition) is 3. The van der Waals surface area contributed by atoms with Gasteiger partial charge in [0.1, 0.15) is 0 Å². The number of benzene rings is 2.